The fraction of sp³-hybridized carbons (Fsp3) is 1.00. The fourth-order valence-corrected chi connectivity index (χ4v) is 3.66. The predicted octanol–water partition coefficient (Wildman–Crippen LogP) is -0.545. The first-order valence-electron chi connectivity index (χ1n) is 5.88. The Morgan fingerprint density at radius 1 is 1.47 bits per heavy atom. The molecule has 0 bridgehead atoms. The molecule has 1 saturated heterocycles. The quantitative estimate of drug-likeness (QED) is 0.714. The van der Waals surface area contributed by atoms with Crippen molar-refractivity contribution in [1.29, 1.82) is 0 Å². The summed E-state index contributed by atoms with van der Waals surface area (Å²) in [4.78, 5) is 0. The van der Waals surface area contributed by atoms with E-state index < -0.39 is 21.9 Å². The van der Waals surface area contributed by atoms with E-state index >= 15 is 0 Å². The van der Waals surface area contributed by atoms with Crippen molar-refractivity contribution in [2.24, 2.45) is 0 Å². The zero-order valence-corrected chi connectivity index (χ0v) is 11.0. The second-order valence-electron chi connectivity index (χ2n) is 5.37. The Kier molecular flexibility index (Phi) is 3.48. The van der Waals surface area contributed by atoms with Gasteiger partial charge in [-0.15, -0.1) is 0 Å². The number of hydrogen-bond donors (Lipinski definition) is 2. The first-order chi connectivity index (χ1) is 7.82. The van der Waals surface area contributed by atoms with E-state index in [1.54, 1.807) is 0 Å². The van der Waals surface area contributed by atoms with Crippen molar-refractivity contribution in [3.63, 3.8) is 0 Å². The van der Waals surface area contributed by atoms with Gasteiger partial charge in [0.25, 0.3) is 10.2 Å². The average Bonchev–Trinajstić information content (AvgIpc) is 2.98. The number of morpholine rings is 1. The van der Waals surface area contributed by atoms with Crippen LogP contribution in [0.2, 0.25) is 0 Å². The maximum Gasteiger partial charge on any atom is 0.279 e. The maximum absolute atomic E-state index is 12.1. The Labute approximate surface area is 102 Å². The molecule has 1 aliphatic carbocycles. The summed E-state index contributed by atoms with van der Waals surface area (Å²) in [6, 6.07) is 0.0959. The predicted molar refractivity (Wildman–Crippen MR) is 62.7 cm³/mol. The molecule has 1 saturated carbocycles. The number of hydrogen-bond acceptors (Lipinski definition) is 4. The van der Waals surface area contributed by atoms with Crippen LogP contribution in [0.15, 0.2) is 0 Å². The van der Waals surface area contributed by atoms with E-state index in [0.29, 0.717) is 6.54 Å². The minimum Gasteiger partial charge on any atom is -0.394 e. The first-order valence-corrected chi connectivity index (χ1v) is 7.32. The zero-order valence-electron chi connectivity index (χ0n) is 10.2. The van der Waals surface area contributed by atoms with Crippen LogP contribution in [-0.4, -0.2) is 55.3 Å². The summed E-state index contributed by atoms with van der Waals surface area (Å²) >= 11 is 0. The van der Waals surface area contributed by atoms with Gasteiger partial charge in [-0.05, 0) is 26.7 Å². The number of nitrogens with zero attached hydrogens (tertiary/aromatic N) is 1. The molecule has 2 rings (SSSR count). The smallest absolute Gasteiger partial charge is 0.279 e. The molecule has 1 aliphatic heterocycles. The van der Waals surface area contributed by atoms with E-state index in [4.69, 9.17) is 9.84 Å². The Bertz CT molecular complexity index is 378. The van der Waals surface area contributed by atoms with Crippen LogP contribution in [-0.2, 0) is 14.9 Å². The molecule has 7 heteroatoms. The summed E-state index contributed by atoms with van der Waals surface area (Å²) < 4.78 is 33.7. The van der Waals surface area contributed by atoms with Crippen molar-refractivity contribution in [1.82, 2.24) is 9.03 Å². The SMILES string of the molecule is CC1(C)CN(S(=O)(=O)NC2CC2)CC(CO)O1. The number of aliphatic hydroxyl groups excluding tert-OH is 1. The normalized spacial score (nSPS) is 30.4. The van der Waals surface area contributed by atoms with Crippen molar-refractivity contribution in [2.45, 2.75) is 44.4 Å². The van der Waals surface area contributed by atoms with E-state index in [1.807, 2.05) is 13.8 Å². The van der Waals surface area contributed by atoms with Gasteiger partial charge in [0, 0.05) is 19.1 Å². The molecule has 1 atom stereocenters. The Morgan fingerprint density at radius 2 is 2.12 bits per heavy atom. The molecule has 0 amide bonds. The molecule has 2 fully saturated rings. The molecular weight excluding hydrogens is 244 g/mol. The fourth-order valence-electron chi connectivity index (χ4n) is 2.01. The van der Waals surface area contributed by atoms with Gasteiger partial charge in [-0.2, -0.15) is 17.4 Å². The molecule has 0 aromatic heterocycles. The number of nitrogens with one attached hydrogen (secondary N) is 1. The van der Waals surface area contributed by atoms with Crippen LogP contribution in [0.1, 0.15) is 26.7 Å². The third-order valence-corrected chi connectivity index (χ3v) is 4.48. The Balaban J connectivity index is 2.08. The van der Waals surface area contributed by atoms with Gasteiger partial charge in [0.2, 0.25) is 0 Å². The molecule has 2 aliphatic rings. The molecule has 2 N–H and O–H groups in total. The summed E-state index contributed by atoms with van der Waals surface area (Å²) in [6.45, 7) is 4.01. The monoisotopic (exact) mass is 264 g/mol. The lowest BCUT2D eigenvalue weighted by Crippen LogP contribution is -2.58. The van der Waals surface area contributed by atoms with Crippen LogP contribution < -0.4 is 4.72 Å². The second kappa shape index (κ2) is 4.47. The summed E-state index contributed by atoms with van der Waals surface area (Å²) in [5.74, 6) is 0. The van der Waals surface area contributed by atoms with E-state index in [-0.39, 0.29) is 19.2 Å². The summed E-state index contributed by atoms with van der Waals surface area (Å²) in [5.41, 5.74) is -0.566. The van der Waals surface area contributed by atoms with E-state index in [9.17, 15) is 8.42 Å². The van der Waals surface area contributed by atoms with Crippen molar-refractivity contribution in [3.05, 3.63) is 0 Å². The lowest BCUT2D eigenvalue weighted by atomic mass is 10.1. The molecule has 0 radical (unpaired) electrons. The highest BCUT2D eigenvalue weighted by molar-refractivity contribution is 7.87. The van der Waals surface area contributed by atoms with Crippen LogP contribution in [0.25, 0.3) is 0 Å². The minimum absolute atomic E-state index is 0.0959. The van der Waals surface area contributed by atoms with Gasteiger partial charge in [0.15, 0.2) is 0 Å². The van der Waals surface area contributed by atoms with Crippen LogP contribution >= 0.6 is 0 Å². The van der Waals surface area contributed by atoms with E-state index in [0.717, 1.165) is 12.8 Å². The van der Waals surface area contributed by atoms with Gasteiger partial charge < -0.3 is 9.84 Å². The van der Waals surface area contributed by atoms with Crippen molar-refractivity contribution in [2.75, 3.05) is 19.7 Å². The van der Waals surface area contributed by atoms with Gasteiger partial charge >= 0.3 is 0 Å². The highest BCUT2D eigenvalue weighted by Crippen LogP contribution is 2.25. The lowest BCUT2D eigenvalue weighted by molar-refractivity contribution is -0.131. The van der Waals surface area contributed by atoms with Crippen molar-refractivity contribution >= 4 is 10.2 Å². The average molecular weight is 264 g/mol. The summed E-state index contributed by atoms with van der Waals surface area (Å²) in [5, 5.41) is 9.13. The molecular formula is C10H20N2O4S. The minimum atomic E-state index is -3.44. The number of aliphatic hydroxyl groups is 1. The van der Waals surface area contributed by atoms with Gasteiger partial charge in [0.1, 0.15) is 0 Å². The molecule has 0 spiro atoms. The standard InChI is InChI=1S/C10H20N2O4S/c1-10(2)7-12(5-9(6-13)16-10)17(14,15)11-8-3-4-8/h8-9,11,13H,3-7H2,1-2H3. The number of ether oxygens (including phenoxy) is 1. The third kappa shape index (κ3) is 3.38. The largest absolute Gasteiger partial charge is 0.394 e. The summed E-state index contributed by atoms with van der Waals surface area (Å²) in [7, 11) is -3.44. The van der Waals surface area contributed by atoms with Gasteiger partial charge in [-0.25, -0.2) is 0 Å². The first kappa shape index (κ1) is 13.2. The maximum atomic E-state index is 12.1. The van der Waals surface area contributed by atoms with Crippen LogP contribution in [0.5, 0.6) is 0 Å². The number of rotatable bonds is 4. The molecule has 6 nitrogen and oxygen atoms in total. The molecule has 100 valence electrons. The van der Waals surface area contributed by atoms with Crippen LogP contribution in [0, 0.1) is 0 Å². The van der Waals surface area contributed by atoms with E-state index in [1.165, 1.54) is 4.31 Å². The third-order valence-electron chi connectivity index (χ3n) is 2.89. The Morgan fingerprint density at radius 3 is 2.65 bits per heavy atom. The van der Waals surface area contributed by atoms with Crippen molar-refractivity contribution in [3.8, 4) is 0 Å². The highest BCUT2D eigenvalue weighted by atomic mass is 32.2. The van der Waals surface area contributed by atoms with Gasteiger partial charge in [0.05, 0.1) is 18.3 Å². The lowest BCUT2D eigenvalue weighted by Gasteiger charge is -2.41. The molecule has 1 unspecified atom stereocenters. The highest BCUT2D eigenvalue weighted by Gasteiger charge is 2.40. The molecule has 17 heavy (non-hydrogen) atoms. The second-order valence-corrected chi connectivity index (χ2v) is 7.07. The molecule has 1 heterocycles. The summed E-state index contributed by atoms with van der Waals surface area (Å²) in [6.07, 6.45) is 1.38. The zero-order chi connectivity index (χ0) is 12.7. The molecule has 0 aromatic carbocycles. The van der Waals surface area contributed by atoms with Crippen molar-refractivity contribution < 1.29 is 18.3 Å². The Hall–Kier alpha value is -0.210. The van der Waals surface area contributed by atoms with Crippen LogP contribution in [0.3, 0.4) is 0 Å². The molecule has 0 aromatic rings. The topological polar surface area (TPSA) is 78.9 Å². The van der Waals surface area contributed by atoms with E-state index in [2.05, 4.69) is 4.72 Å². The van der Waals surface area contributed by atoms with Gasteiger partial charge in [-0.3, -0.25) is 0 Å². The van der Waals surface area contributed by atoms with Crippen LogP contribution in [0.4, 0.5) is 0 Å². The van der Waals surface area contributed by atoms with Gasteiger partial charge in [-0.1, -0.05) is 0 Å².